The van der Waals surface area contributed by atoms with Gasteiger partial charge < -0.3 is 0 Å². The largest absolute Gasteiger partial charge is 0.253 e. The summed E-state index contributed by atoms with van der Waals surface area (Å²) in [5.41, 5.74) is 2.30. The van der Waals surface area contributed by atoms with Crippen LogP contribution in [0.5, 0.6) is 0 Å². The van der Waals surface area contributed by atoms with E-state index in [0.29, 0.717) is 5.41 Å². The molecule has 0 radical (unpaired) electrons. The Labute approximate surface area is 94.5 Å². The molecule has 0 aromatic carbocycles. The van der Waals surface area contributed by atoms with E-state index in [1.54, 1.807) is 11.3 Å². The molecule has 0 N–H and O–H groups in total. The van der Waals surface area contributed by atoms with E-state index in [4.69, 9.17) is 11.6 Å². The first-order chi connectivity index (χ1) is 6.85. The van der Waals surface area contributed by atoms with Gasteiger partial charge in [-0.2, -0.15) is 0 Å². The number of hydrogen-bond acceptors (Lipinski definition) is 2. The van der Waals surface area contributed by atoms with Gasteiger partial charge in [-0.1, -0.05) is 19.3 Å². The van der Waals surface area contributed by atoms with Crippen molar-refractivity contribution < 1.29 is 0 Å². The molecule has 3 heteroatoms. The molecule has 1 aliphatic carbocycles. The maximum absolute atomic E-state index is 6.14. The SMILES string of the molecule is ClCC1(Cc2cncs2)CCCCC1. The maximum atomic E-state index is 6.14. The van der Waals surface area contributed by atoms with Crippen molar-refractivity contribution >= 4 is 22.9 Å². The Balaban J connectivity index is 2.04. The van der Waals surface area contributed by atoms with Gasteiger partial charge in [-0.05, 0) is 24.7 Å². The first-order valence-corrected chi connectivity index (χ1v) is 6.69. The van der Waals surface area contributed by atoms with Gasteiger partial charge >= 0.3 is 0 Å². The number of aromatic nitrogens is 1. The van der Waals surface area contributed by atoms with Crippen molar-refractivity contribution in [3.8, 4) is 0 Å². The summed E-state index contributed by atoms with van der Waals surface area (Å²) < 4.78 is 0. The quantitative estimate of drug-likeness (QED) is 0.717. The van der Waals surface area contributed by atoms with Gasteiger partial charge in [-0.15, -0.1) is 22.9 Å². The topological polar surface area (TPSA) is 12.9 Å². The molecular weight excluding hydrogens is 214 g/mol. The van der Waals surface area contributed by atoms with Crippen molar-refractivity contribution in [2.45, 2.75) is 38.5 Å². The molecule has 1 aromatic heterocycles. The number of rotatable bonds is 3. The average molecular weight is 230 g/mol. The van der Waals surface area contributed by atoms with Crippen molar-refractivity contribution in [3.05, 3.63) is 16.6 Å². The van der Waals surface area contributed by atoms with Crippen molar-refractivity contribution in [1.29, 1.82) is 0 Å². The molecule has 1 aromatic rings. The summed E-state index contributed by atoms with van der Waals surface area (Å²) in [6.07, 6.45) is 9.83. The lowest BCUT2D eigenvalue weighted by Crippen LogP contribution is -2.28. The van der Waals surface area contributed by atoms with Gasteiger partial charge in [-0.25, -0.2) is 0 Å². The first-order valence-electron chi connectivity index (χ1n) is 5.28. The lowest BCUT2D eigenvalue weighted by atomic mass is 9.73. The molecule has 0 spiro atoms. The lowest BCUT2D eigenvalue weighted by molar-refractivity contribution is 0.221. The third kappa shape index (κ3) is 2.29. The minimum absolute atomic E-state index is 0.381. The number of halogens is 1. The minimum atomic E-state index is 0.381. The van der Waals surface area contributed by atoms with E-state index in [0.717, 1.165) is 12.3 Å². The Bertz CT molecular complexity index is 265. The Hall–Kier alpha value is -0.0800. The van der Waals surface area contributed by atoms with Crippen LogP contribution in [-0.2, 0) is 6.42 Å². The molecule has 1 nitrogen and oxygen atoms in total. The van der Waals surface area contributed by atoms with E-state index in [9.17, 15) is 0 Å². The third-order valence-electron chi connectivity index (χ3n) is 3.23. The second kappa shape index (κ2) is 4.63. The number of nitrogens with zero attached hydrogens (tertiary/aromatic N) is 1. The highest BCUT2D eigenvalue weighted by Crippen LogP contribution is 2.40. The molecule has 0 aliphatic heterocycles. The fourth-order valence-corrected chi connectivity index (χ4v) is 3.49. The van der Waals surface area contributed by atoms with Crippen molar-refractivity contribution in [1.82, 2.24) is 4.98 Å². The summed E-state index contributed by atoms with van der Waals surface area (Å²) in [6, 6.07) is 0. The van der Waals surface area contributed by atoms with Crippen molar-refractivity contribution in [3.63, 3.8) is 0 Å². The zero-order valence-corrected chi connectivity index (χ0v) is 9.91. The molecule has 2 rings (SSSR count). The Morgan fingerprint density at radius 3 is 2.71 bits per heavy atom. The van der Waals surface area contributed by atoms with E-state index in [1.165, 1.54) is 37.0 Å². The fourth-order valence-electron chi connectivity index (χ4n) is 2.36. The maximum Gasteiger partial charge on any atom is 0.0794 e. The minimum Gasteiger partial charge on any atom is -0.253 e. The van der Waals surface area contributed by atoms with Gasteiger partial charge in [0.05, 0.1) is 5.51 Å². The molecule has 1 aliphatic rings. The van der Waals surface area contributed by atoms with Crippen LogP contribution in [0.3, 0.4) is 0 Å². The molecule has 0 saturated heterocycles. The monoisotopic (exact) mass is 229 g/mol. The highest BCUT2D eigenvalue weighted by atomic mass is 35.5. The van der Waals surface area contributed by atoms with Gasteiger partial charge in [-0.3, -0.25) is 4.98 Å². The standard InChI is InChI=1S/C11H16ClNS/c12-8-11(4-2-1-3-5-11)6-10-7-13-9-14-10/h7,9H,1-6,8H2. The Kier molecular flexibility index (Phi) is 3.45. The van der Waals surface area contributed by atoms with Crippen LogP contribution in [0.1, 0.15) is 37.0 Å². The van der Waals surface area contributed by atoms with E-state index in [1.807, 2.05) is 11.7 Å². The van der Waals surface area contributed by atoms with Crippen LogP contribution >= 0.6 is 22.9 Å². The van der Waals surface area contributed by atoms with Crippen LogP contribution in [0.15, 0.2) is 11.7 Å². The van der Waals surface area contributed by atoms with E-state index >= 15 is 0 Å². The highest BCUT2D eigenvalue weighted by molar-refractivity contribution is 7.09. The van der Waals surface area contributed by atoms with Crippen LogP contribution in [0.4, 0.5) is 0 Å². The molecule has 78 valence electrons. The van der Waals surface area contributed by atoms with Crippen LogP contribution in [0.2, 0.25) is 0 Å². The molecule has 1 saturated carbocycles. The predicted octanol–water partition coefficient (Wildman–Crippen LogP) is 3.87. The fraction of sp³-hybridized carbons (Fsp3) is 0.727. The first kappa shape index (κ1) is 10.4. The van der Waals surface area contributed by atoms with Crippen LogP contribution in [0.25, 0.3) is 0 Å². The summed E-state index contributed by atoms with van der Waals surface area (Å²) in [5, 5.41) is 0. The van der Waals surface area contributed by atoms with Gasteiger partial charge in [0.25, 0.3) is 0 Å². The number of thiazole rings is 1. The molecule has 1 heterocycles. The second-order valence-corrected chi connectivity index (χ2v) is 5.58. The van der Waals surface area contributed by atoms with Crippen molar-refractivity contribution in [2.75, 3.05) is 5.88 Å². The van der Waals surface area contributed by atoms with Gasteiger partial charge in [0, 0.05) is 17.0 Å². The summed E-state index contributed by atoms with van der Waals surface area (Å²) in [7, 11) is 0. The number of alkyl halides is 1. The third-order valence-corrected chi connectivity index (χ3v) is 4.58. The van der Waals surface area contributed by atoms with E-state index < -0.39 is 0 Å². The Morgan fingerprint density at radius 2 is 2.14 bits per heavy atom. The van der Waals surface area contributed by atoms with Crippen LogP contribution in [-0.4, -0.2) is 10.9 Å². The predicted molar refractivity (Wildman–Crippen MR) is 62.1 cm³/mol. The van der Waals surface area contributed by atoms with Gasteiger partial charge in [0.1, 0.15) is 0 Å². The summed E-state index contributed by atoms with van der Waals surface area (Å²) >= 11 is 7.90. The smallest absolute Gasteiger partial charge is 0.0794 e. The van der Waals surface area contributed by atoms with Crippen LogP contribution in [0, 0.1) is 5.41 Å². The normalized spacial score (nSPS) is 20.9. The van der Waals surface area contributed by atoms with Crippen LogP contribution < -0.4 is 0 Å². The van der Waals surface area contributed by atoms with E-state index in [2.05, 4.69) is 4.98 Å². The Morgan fingerprint density at radius 1 is 1.36 bits per heavy atom. The molecule has 0 atom stereocenters. The summed E-state index contributed by atoms with van der Waals surface area (Å²) in [6.45, 7) is 0. The van der Waals surface area contributed by atoms with Gasteiger partial charge in [0.15, 0.2) is 0 Å². The molecule has 1 fully saturated rings. The highest BCUT2D eigenvalue weighted by Gasteiger charge is 2.31. The molecule has 0 bridgehead atoms. The number of hydrogen-bond donors (Lipinski definition) is 0. The van der Waals surface area contributed by atoms with Crippen molar-refractivity contribution in [2.24, 2.45) is 5.41 Å². The molecular formula is C11H16ClNS. The molecule has 0 amide bonds. The van der Waals surface area contributed by atoms with E-state index in [-0.39, 0.29) is 0 Å². The zero-order chi connectivity index (χ0) is 9.86. The summed E-state index contributed by atoms with van der Waals surface area (Å²) in [5.74, 6) is 0.810. The second-order valence-electron chi connectivity index (χ2n) is 4.34. The molecule has 0 unspecified atom stereocenters. The lowest BCUT2D eigenvalue weighted by Gasteiger charge is -2.35. The average Bonchev–Trinajstić information content (AvgIpc) is 2.72. The molecule has 14 heavy (non-hydrogen) atoms. The van der Waals surface area contributed by atoms with Gasteiger partial charge in [0.2, 0.25) is 0 Å². The summed E-state index contributed by atoms with van der Waals surface area (Å²) in [4.78, 5) is 5.52. The zero-order valence-electron chi connectivity index (χ0n) is 8.34.